The van der Waals surface area contributed by atoms with Crippen LogP contribution in [0.15, 0.2) is 48.5 Å². The summed E-state index contributed by atoms with van der Waals surface area (Å²) in [5, 5.41) is 0. The van der Waals surface area contributed by atoms with E-state index in [0.717, 1.165) is 11.3 Å². The summed E-state index contributed by atoms with van der Waals surface area (Å²) >= 11 is 0. The van der Waals surface area contributed by atoms with E-state index in [-0.39, 0.29) is 17.6 Å². The lowest BCUT2D eigenvalue weighted by molar-refractivity contribution is 0.0686. The number of nitrogens with zero attached hydrogens (tertiary/aromatic N) is 1. The number of rotatable bonds is 1. The molecule has 0 saturated carbocycles. The van der Waals surface area contributed by atoms with Gasteiger partial charge in [-0.25, -0.2) is 4.39 Å². The molecule has 108 valence electrons. The molecule has 1 aliphatic heterocycles. The van der Waals surface area contributed by atoms with Gasteiger partial charge in [-0.15, -0.1) is 0 Å². The monoisotopic (exact) mass is 285 g/mol. The Balaban J connectivity index is 1.92. The Kier molecular flexibility index (Phi) is 3.60. The number of ether oxygens (including phenoxy) is 1. The predicted octanol–water partition coefficient (Wildman–Crippen LogP) is 3.25. The van der Waals surface area contributed by atoms with Gasteiger partial charge in [-0.1, -0.05) is 30.3 Å². The Morgan fingerprint density at radius 3 is 2.71 bits per heavy atom. The van der Waals surface area contributed by atoms with Crippen molar-refractivity contribution in [3.05, 3.63) is 65.5 Å². The first-order chi connectivity index (χ1) is 10.1. The van der Waals surface area contributed by atoms with Crippen molar-refractivity contribution in [1.29, 1.82) is 0 Å². The maximum absolute atomic E-state index is 13.8. The topological polar surface area (TPSA) is 29.5 Å². The third kappa shape index (κ3) is 2.75. The molecular formula is C17H16FNO2. The van der Waals surface area contributed by atoms with Gasteiger partial charge in [0.15, 0.2) is 0 Å². The van der Waals surface area contributed by atoms with Crippen LogP contribution in [0.2, 0.25) is 0 Å². The minimum atomic E-state index is -0.492. The minimum Gasteiger partial charge on any atom is -0.489 e. The molecule has 0 bridgehead atoms. The van der Waals surface area contributed by atoms with Gasteiger partial charge in [0.25, 0.3) is 5.91 Å². The van der Waals surface area contributed by atoms with Crippen molar-refractivity contribution in [1.82, 2.24) is 4.90 Å². The fourth-order valence-corrected chi connectivity index (χ4v) is 2.54. The van der Waals surface area contributed by atoms with Gasteiger partial charge in [0, 0.05) is 12.1 Å². The van der Waals surface area contributed by atoms with Gasteiger partial charge >= 0.3 is 0 Å². The Morgan fingerprint density at radius 1 is 1.19 bits per heavy atom. The molecule has 2 aromatic rings. The van der Waals surface area contributed by atoms with Gasteiger partial charge in [-0.2, -0.15) is 0 Å². The van der Waals surface area contributed by atoms with E-state index in [1.54, 1.807) is 17.0 Å². The Morgan fingerprint density at radius 2 is 1.90 bits per heavy atom. The number of para-hydroxylation sites is 1. The maximum Gasteiger partial charge on any atom is 0.257 e. The van der Waals surface area contributed by atoms with E-state index in [9.17, 15) is 9.18 Å². The van der Waals surface area contributed by atoms with Gasteiger partial charge in [-0.3, -0.25) is 4.79 Å². The lowest BCUT2D eigenvalue weighted by Crippen LogP contribution is -2.36. The molecule has 0 radical (unpaired) electrons. The van der Waals surface area contributed by atoms with Crippen molar-refractivity contribution < 1.29 is 13.9 Å². The summed E-state index contributed by atoms with van der Waals surface area (Å²) in [5.74, 6) is -0.0114. The third-order valence-corrected chi connectivity index (χ3v) is 3.53. The van der Waals surface area contributed by atoms with Gasteiger partial charge in [0.05, 0.1) is 12.1 Å². The molecule has 21 heavy (non-hydrogen) atoms. The summed E-state index contributed by atoms with van der Waals surface area (Å²) in [7, 11) is 0. The van der Waals surface area contributed by atoms with Gasteiger partial charge in [0.1, 0.15) is 17.7 Å². The first-order valence-corrected chi connectivity index (χ1v) is 6.93. The van der Waals surface area contributed by atoms with Crippen molar-refractivity contribution in [3.8, 4) is 5.75 Å². The number of carbonyl (C=O) groups is 1. The van der Waals surface area contributed by atoms with Crippen LogP contribution in [-0.4, -0.2) is 23.5 Å². The molecule has 1 unspecified atom stereocenters. The summed E-state index contributed by atoms with van der Waals surface area (Å²) < 4.78 is 19.6. The molecule has 4 heteroatoms. The molecule has 1 amide bonds. The van der Waals surface area contributed by atoms with Gasteiger partial charge in [0.2, 0.25) is 0 Å². The van der Waals surface area contributed by atoms with Crippen LogP contribution in [-0.2, 0) is 6.54 Å². The zero-order chi connectivity index (χ0) is 14.8. The highest BCUT2D eigenvalue weighted by molar-refractivity contribution is 5.94. The molecule has 0 spiro atoms. The van der Waals surface area contributed by atoms with Crippen LogP contribution in [0.25, 0.3) is 0 Å². The second kappa shape index (κ2) is 5.56. The second-order valence-electron chi connectivity index (χ2n) is 5.20. The minimum absolute atomic E-state index is 0.101. The van der Waals surface area contributed by atoms with E-state index in [0.29, 0.717) is 13.1 Å². The van der Waals surface area contributed by atoms with Gasteiger partial charge < -0.3 is 9.64 Å². The quantitative estimate of drug-likeness (QED) is 0.805. The second-order valence-corrected chi connectivity index (χ2v) is 5.20. The van der Waals surface area contributed by atoms with Crippen molar-refractivity contribution in [2.24, 2.45) is 0 Å². The largest absolute Gasteiger partial charge is 0.489 e. The number of carbonyl (C=O) groups excluding carboxylic acids is 1. The highest BCUT2D eigenvalue weighted by Gasteiger charge is 2.25. The molecular weight excluding hydrogens is 269 g/mol. The van der Waals surface area contributed by atoms with E-state index in [1.165, 1.54) is 12.1 Å². The molecule has 1 aliphatic rings. The Bertz CT molecular complexity index is 671. The SMILES string of the molecule is CC1CN(C(=O)c2ccccc2F)Cc2ccccc2O1. The molecule has 0 N–H and O–H groups in total. The van der Waals surface area contributed by atoms with Crippen LogP contribution in [0, 0.1) is 5.82 Å². The third-order valence-electron chi connectivity index (χ3n) is 3.53. The summed E-state index contributed by atoms with van der Waals surface area (Å²) in [6.45, 7) is 2.76. The Hall–Kier alpha value is -2.36. The van der Waals surface area contributed by atoms with Gasteiger partial charge in [-0.05, 0) is 25.1 Å². The number of fused-ring (bicyclic) bond motifs is 1. The first kappa shape index (κ1) is 13.6. The van der Waals surface area contributed by atoms with E-state index in [2.05, 4.69) is 0 Å². The Labute approximate surface area is 123 Å². The maximum atomic E-state index is 13.8. The number of hydrogen-bond donors (Lipinski definition) is 0. The number of halogens is 1. The van der Waals surface area contributed by atoms with Crippen molar-refractivity contribution >= 4 is 5.91 Å². The highest BCUT2D eigenvalue weighted by atomic mass is 19.1. The fourth-order valence-electron chi connectivity index (χ4n) is 2.54. The van der Waals surface area contributed by atoms with Crippen molar-refractivity contribution in [3.63, 3.8) is 0 Å². The van der Waals surface area contributed by atoms with Crippen LogP contribution < -0.4 is 4.74 Å². The zero-order valence-corrected chi connectivity index (χ0v) is 11.8. The van der Waals surface area contributed by atoms with Crippen molar-refractivity contribution in [2.45, 2.75) is 19.6 Å². The molecule has 0 saturated heterocycles. The normalized spacial score (nSPS) is 17.6. The standard InChI is InChI=1S/C17H16FNO2/c1-12-10-19(11-13-6-2-5-9-16(13)21-12)17(20)14-7-3-4-8-15(14)18/h2-9,12H,10-11H2,1H3. The van der Waals surface area contributed by atoms with Crippen molar-refractivity contribution in [2.75, 3.05) is 6.54 Å². The first-order valence-electron chi connectivity index (χ1n) is 6.93. The molecule has 3 rings (SSSR count). The molecule has 2 aromatic carbocycles. The van der Waals surface area contributed by atoms with Crippen LogP contribution in [0.1, 0.15) is 22.8 Å². The summed E-state index contributed by atoms with van der Waals surface area (Å²) in [6.07, 6.45) is -0.135. The molecule has 1 heterocycles. The molecule has 3 nitrogen and oxygen atoms in total. The predicted molar refractivity (Wildman–Crippen MR) is 77.7 cm³/mol. The van der Waals surface area contributed by atoms with Crippen LogP contribution in [0.4, 0.5) is 4.39 Å². The van der Waals surface area contributed by atoms with E-state index >= 15 is 0 Å². The average Bonchev–Trinajstić information content (AvgIpc) is 2.65. The zero-order valence-electron chi connectivity index (χ0n) is 11.8. The van der Waals surface area contributed by atoms with E-state index in [1.807, 2.05) is 31.2 Å². The van der Waals surface area contributed by atoms with Crippen LogP contribution in [0.5, 0.6) is 5.75 Å². The summed E-state index contributed by atoms with van der Waals surface area (Å²) in [6, 6.07) is 13.7. The van der Waals surface area contributed by atoms with E-state index in [4.69, 9.17) is 4.74 Å². The summed E-state index contributed by atoms with van der Waals surface area (Å²) in [5.41, 5.74) is 1.04. The smallest absolute Gasteiger partial charge is 0.257 e. The lowest BCUT2D eigenvalue weighted by atomic mass is 10.1. The number of amides is 1. The molecule has 1 atom stereocenters. The fraction of sp³-hybridized carbons (Fsp3) is 0.235. The molecule has 0 aromatic heterocycles. The molecule has 0 fully saturated rings. The molecule has 0 aliphatic carbocycles. The summed E-state index contributed by atoms with van der Waals surface area (Å²) in [4.78, 5) is 14.2. The number of hydrogen-bond acceptors (Lipinski definition) is 2. The van der Waals surface area contributed by atoms with Crippen LogP contribution in [0.3, 0.4) is 0 Å². The lowest BCUT2D eigenvalue weighted by Gasteiger charge is -2.22. The average molecular weight is 285 g/mol. The highest BCUT2D eigenvalue weighted by Crippen LogP contribution is 2.25. The number of benzene rings is 2. The van der Waals surface area contributed by atoms with Crippen LogP contribution >= 0.6 is 0 Å². The van der Waals surface area contributed by atoms with E-state index < -0.39 is 5.82 Å².